The highest BCUT2D eigenvalue weighted by molar-refractivity contribution is 7.17. The van der Waals surface area contributed by atoms with E-state index >= 15 is 0 Å². The molecule has 0 saturated carbocycles. The van der Waals surface area contributed by atoms with Crippen LogP contribution in [0.3, 0.4) is 0 Å². The van der Waals surface area contributed by atoms with Crippen LogP contribution >= 0.6 is 22.9 Å². The van der Waals surface area contributed by atoms with Crippen LogP contribution in [0, 0.1) is 17.0 Å². The van der Waals surface area contributed by atoms with E-state index in [1.54, 1.807) is 6.92 Å². The second-order valence-electron chi connectivity index (χ2n) is 4.24. The fourth-order valence-corrected chi connectivity index (χ4v) is 2.89. The zero-order valence-electron chi connectivity index (χ0n) is 10.7. The van der Waals surface area contributed by atoms with Crippen molar-refractivity contribution in [3.63, 3.8) is 0 Å². The van der Waals surface area contributed by atoms with Gasteiger partial charge in [0.15, 0.2) is 0 Å². The molecule has 0 fully saturated rings. The van der Waals surface area contributed by atoms with Crippen molar-refractivity contribution in [2.24, 2.45) is 0 Å². The molecule has 3 aromatic rings. The van der Waals surface area contributed by atoms with Gasteiger partial charge in [0.05, 0.1) is 16.5 Å². The van der Waals surface area contributed by atoms with E-state index in [1.807, 2.05) is 11.4 Å². The van der Waals surface area contributed by atoms with Crippen molar-refractivity contribution < 1.29 is 9.66 Å². The average molecular weight is 322 g/mol. The Morgan fingerprint density at radius 1 is 1.38 bits per heavy atom. The Morgan fingerprint density at radius 2 is 2.19 bits per heavy atom. The lowest BCUT2D eigenvalue weighted by atomic mass is 10.2. The van der Waals surface area contributed by atoms with E-state index in [-0.39, 0.29) is 10.7 Å². The van der Waals surface area contributed by atoms with Crippen molar-refractivity contribution in [1.29, 1.82) is 0 Å². The molecule has 2 heterocycles. The molecule has 0 spiro atoms. The summed E-state index contributed by atoms with van der Waals surface area (Å²) in [5.74, 6) is 0.717. The first-order valence-corrected chi connectivity index (χ1v) is 7.12. The molecule has 8 heteroatoms. The molecule has 2 aromatic heterocycles. The van der Waals surface area contributed by atoms with Crippen molar-refractivity contribution >= 4 is 38.8 Å². The predicted octanol–water partition coefficient (Wildman–Crippen LogP) is 4.35. The van der Waals surface area contributed by atoms with Crippen LogP contribution in [0.1, 0.15) is 5.56 Å². The zero-order valence-corrected chi connectivity index (χ0v) is 12.3. The summed E-state index contributed by atoms with van der Waals surface area (Å²) in [7, 11) is 0. The molecule has 0 atom stereocenters. The summed E-state index contributed by atoms with van der Waals surface area (Å²) in [6.07, 6.45) is 1.39. The third-order valence-electron chi connectivity index (χ3n) is 2.86. The van der Waals surface area contributed by atoms with Crippen LogP contribution in [0.2, 0.25) is 5.02 Å². The van der Waals surface area contributed by atoms with Gasteiger partial charge in [0, 0.05) is 0 Å². The van der Waals surface area contributed by atoms with Gasteiger partial charge in [0.25, 0.3) is 5.69 Å². The van der Waals surface area contributed by atoms with Gasteiger partial charge in [-0.15, -0.1) is 11.3 Å². The molecule has 106 valence electrons. The smallest absolute Gasteiger partial charge is 0.291 e. The number of aromatic nitrogens is 2. The molecule has 0 saturated heterocycles. The quantitative estimate of drug-likeness (QED) is 0.529. The van der Waals surface area contributed by atoms with Crippen molar-refractivity contribution in [2.45, 2.75) is 6.92 Å². The number of ether oxygens (including phenoxy) is 1. The van der Waals surface area contributed by atoms with Gasteiger partial charge in [0.2, 0.25) is 5.88 Å². The Balaban J connectivity index is 2.07. The molecule has 0 unspecified atom stereocenters. The Kier molecular flexibility index (Phi) is 3.44. The van der Waals surface area contributed by atoms with E-state index in [0.717, 1.165) is 10.2 Å². The first kappa shape index (κ1) is 13.7. The number of fused-ring (bicyclic) bond motifs is 1. The van der Waals surface area contributed by atoms with Crippen LogP contribution < -0.4 is 4.74 Å². The van der Waals surface area contributed by atoms with E-state index in [2.05, 4.69) is 9.97 Å². The third kappa shape index (κ3) is 2.53. The summed E-state index contributed by atoms with van der Waals surface area (Å²) >= 11 is 7.30. The maximum Gasteiger partial charge on any atom is 0.291 e. The molecular weight excluding hydrogens is 314 g/mol. The molecule has 1 aromatic carbocycles. The molecule has 0 aliphatic heterocycles. The molecule has 0 radical (unpaired) electrons. The maximum absolute atomic E-state index is 11.0. The number of hydrogen-bond donors (Lipinski definition) is 0. The molecule has 0 amide bonds. The van der Waals surface area contributed by atoms with E-state index < -0.39 is 4.92 Å². The minimum Gasteiger partial charge on any atom is -0.437 e. The third-order valence-corrected chi connectivity index (χ3v) is 4.05. The van der Waals surface area contributed by atoms with Gasteiger partial charge < -0.3 is 4.74 Å². The Bertz CT molecular complexity index is 850. The first-order valence-electron chi connectivity index (χ1n) is 5.87. The lowest BCUT2D eigenvalue weighted by molar-refractivity contribution is -0.384. The number of benzene rings is 1. The molecule has 0 aliphatic carbocycles. The highest BCUT2D eigenvalue weighted by atomic mass is 35.5. The Labute approximate surface area is 128 Å². The minimum atomic E-state index is -0.546. The number of hydrogen-bond acceptors (Lipinski definition) is 6. The summed E-state index contributed by atoms with van der Waals surface area (Å²) in [6, 6.07) is 4.66. The number of nitro benzene ring substituents is 1. The fraction of sp³-hybridized carbons (Fsp3) is 0.0769. The summed E-state index contributed by atoms with van der Waals surface area (Å²) in [5.41, 5.74) is 1.26. The monoisotopic (exact) mass is 321 g/mol. The standard InChI is InChI=1S/C13H8ClN3O3S/c1-7-4-8(14)10(17(18)19)5-11(7)20-13-12-9(2-3-21-12)15-6-16-13/h2-6H,1H3. The number of halogens is 1. The SMILES string of the molecule is Cc1cc(Cl)c([N+](=O)[O-])cc1Oc1ncnc2ccsc12. The van der Waals surface area contributed by atoms with Crippen LogP contribution in [0.5, 0.6) is 11.6 Å². The van der Waals surface area contributed by atoms with E-state index in [1.165, 1.54) is 29.8 Å². The van der Waals surface area contributed by atoms with E-state index in [9.17, 15) is 10.1 Å². The molecule has 0 bridgehead atoms. The van der Waals surface area contributed by atoms with Crippen LogP contribution in [0.4, 0.5) is 5.69 Å². The fourth-order valence-electron chi connectivity index (χ4n) is 1.84. The largest absolute Gasteiger partial charge is 0.437 e. The number of thiophene rings is 1. The average Bonchev–Trinajstić information content (AvgIpc) is 2.90. The van der Waals surface area contributed by atoms with Crippen LogP contribution in [0.15, 0.2) is 29.9 Å². The zero-order chi connectivity index (χ0) is 15.0. The second kappa shape index (κ2) is 5.27. The molecule has 0 aliphatic rings. The predicted molar refractivity (Wildman–Crippen MR) is 80.3 cm³/mol. The van der Waals surface area contributed by atoms with Crippen LogP contribution in [-0.4, -0.2) is 14.9 Å². The molecule has 0 N–H and O–H groups in total. The molecular formula is C13H8ClN3O3S. The lowest BCUT2D eigenvalue weighted by Crippen LogP contribution is -1.95. The van der Waals surface area contributed by atoms with Crippen LogP contribution in [0.25, 0.3) is 10.2 Å². The number of rotatable bonds is 3. The van der Waals surface area contributed by atoms with Gasteiger partial charge >= 0.3 is 0 Å². The van der Waals surface area contributed by atoms with Gasteiger partial charge in [0.1, 0.15) is 21.8 Å². The normalized spacial score (nSPS) is 10.8. The van der Waals surface area contributed by atoms with Crippen molar-refractivity contribution in [2.75, 3.05) is 0 Å². The van der Waals surface area contributed by atoms with Crippen molar-refractivity contribution in [1.82, 2.24) is 9.97 Å². The van der Waals surface area contributed by atoms with Gasteiger partial charge in [-0.2, -0.15) is 0 Å². The van der Waals surface area contributed by atoms with Crippen molar-refractivity contribution in [3.05, 3.63) is 50.6 Å². The van der Waals surface area contributed by atoms with Gasteiger partial charge in [-0.05, 0) is 30.0 Å². The Morgan fingerprint density at radius 3 is 2.95 bits per heavy atom. The lowest BCUT2D eigenvalue weighted by Gasteiger charge is -2.08. The number of aryl methyl sites for hydroxylation is 1. The highest BCUT2D eigenvalue weighted by Gasteiger charge is 2.17. The van der Waals surface area contributed by atoms with Gasteiger partial charge in [-0.25, -0.2) is 9.97 Å². The van der Waals surface area contributed by atoms with Crippen LogP contribution in [-0.2, 0) is 0 Å². The molecule has 21 heavy (non-hydrogen) atoms. The second-order valence-corrected chi connectivity index (χ2v) is 5.57. The number of nitrogens with zero attached hydrogens (tertiary/aromatic N) is 3. The summed E-state index contributed by atoms with van der Waals surface area (Å²) in [6.45, 7) is 1.76. The highest BCUT2D eigenvalue weighted by Crippen LogP contribution is 2.36. The van der Waals surface area contributed by atoms with Gasteiger partial charge in [-0.3, -0.25) is 10.1 Å². The maximum atomic E-state index is 11.0. The topological polar surface area (TPSA) is 78.2 Å². The molecule has 3 rings (SSSR count). The van der Waals surface area contributed by atoms with E-state index in [4.69, 9.17) is 16.3 Å². The Hall–Kier alpha value is -2.25. The van der Waals surface area contributed by atoms with E-state index in [0.29, 0.717) is 17.2 Å². The number of nitro groups is 1. The van der Waals surface area contributed by atoms with Gasteiger partial charge in [-0.1, -0.05) is 11.6 Å². The molecule has 6 nitrogen and oxygen atoms in total. The summed E-state index contributed by atoms with van der Waals surface area (Å²) < 4.78 is 6.51. The summed E-state index contributed by atoms with van der Waals surface area (Å²) in [5, 5.41) is 12.9. The van der Waals surface area contributed by atoms with Crippen molar-refractivity contribution in [3.8, 4) is 11.6 Å². The first-order chi connectivity index (χ1) is 10.1. The summed E-state index contributed by atoms with van der Waals surface area (Å²) in [4.78, 5) is 18.6. The minimum absolute atomic E-state index is 0.0776.